The van der Waals surface area contributed by atoms with Crippen molar-refractivity contribution in [3.8, 4) is 5.75 Å². The predicted octanol–water partition coefficient (Wildman–Crippen LogP) is 4.49. The van der Waals surface area contributed by atoms with Gasteiger partial charge in [0.05, 0.1) is 0 Å². The fourth-order valence-electron chi connectivity index (χ4n) is 2.38. The van der Waals surface area contributed by atoms with Crippen LogP contribution in [-0.4, -0.2) is 11.1 Å². The SMILES string of the molecule is Cc1cc(C)c(COc2ccc(I)cc2C(=O)O)c(C)c1. The highest BCUT2D eigenvalue weighted by Gasteiger charge is 2.13. The maximum Gasteiger partial charge on any atom is 0.339 e. The normalized spacial score (nSPS) is 10.5. The summed E-state index contributed by atoms with van der Waals surface area (Å²) in [5.74, 6) is -0.567. The van der Waals surface area contributed by atoms with Crippen LogP contribution in [0, 0.1) is 24.3 Å². The molecule has 0 saturated heterocycles. The number of rotatable bonds is 4. The van der Waals surface area contributed by atoms with E-state index in [9.17, 15) is 9.90 Å². The van der Waals surface area contributed by atoms with Crippen molar-refractivity contribution in [2.75, 3.05) is 0 Å². The summed E-state index contributed by atoms with van der Waals surface area (Å²) in [5, 5.41) is 9.25. The average molecular weight is 396 g/mol. The zero-order valence-corrected chi connectivity index (χ0v) is 14.4. The van der Waals surface area contributed by atoms with Crippen LogP contribution >= 0.6 is 22.6 Å². The summed E-state index contributed by atoms with van der Waals surface area (Å²) in [6.45, 7) is 6.53. The lowest BCUT2D eigenvalue weighted by molar-refractivity contribution is 0.0691. The Morgan fingerprint density at radius 2 is 1.76 bits per heavy atom. The number of aryl methyl sites for hydroxylation is 3. The molecule has 1 N–H and O–H groups in total. The Bertz CT molecular complexity index is 669. The van der Waals surface area contributed by atoms with Gasteiger partial charge < -0.3 is 9.84 Å². The first-order valence-corrected chi connectivity index (χ1v) is 7.68. The smallest absolute Gasteiger partial charge is 0.339 e. The van der Waals surface area contributed by atoms with Crippen molar-refractivity contribution < 1.29 is 14.6 Å². The number of carboxylic acids is 1. The summed E-state index contributed by atoms with van der Waals surface area (Å²) in [4.78, 5) is 11.3. The number of hydrogen-bond acceptors (Lipinski definition) is 2. The Labute approximate surface area is 138 Å². The molecule has 0 bridgehead atoms. The molecule has 3 nitrogen and oxygen atoms in total. The number of carboxylic acid groups (broad SMARTS) is 1. The third kappa shape index (κ3) is 3.75. The van der Waals surface area contributed by atoms with Crippen molar-refractivity contribution in [3.63, 3.8) is 0 Å². The van der Waals surface area contributed by atoms with Crippen LogP contribution in [0.15, 0.2) is 30.3 Å². The first-order valence-electron chi connectivity index (χ1n) is 6.61. The molecule has 2 aromatic carbocycles. The number of benzene rings is 2. The number of hydrogen-bond donors (Lipinski definition) is 1. The number of halogens is 1. The van der Waals surface area contributed by atoms with E-state index in [0.717, 1.165) is 20.3 Å². The topological polar surface area (TPSA) is 46.5 Å². The van der Waals surface area contributed by atoms with Crippen molar-refractivity contribution in [2.45, 2.75) is 27.4 Å². The zero-order chi connectivity index (χ0) is 15.6. The van der Waals surface area contributed by atoms with Crippen LogP contribution in [0.4, 0.5) is 0 Å². The summed E-state index contributed by atoms with van der Waals surface area (Å²) in [6.07, 6.45) is 0. The van der Waals surface area contributed by atoms with Gasteiger partial charge in [0, 0.05) is 3.57 Å². The molecule has 0 aromatic heterocycles. The zero-order valence-electron chi connectivity index (χ0n) is 12.2. The fraction of sp³-hybridized carbons (Fsp3) is 0.235. The maximum absolute atomic E-state index is 11.3. The van der Waals surface area contributed by atoms with Gasteiger partial charge in [0.15, 0.2) is 0 Å². The minimum atomic E-state index is -0.971. The minimum absolute atomic E-state index is 0.198. The average Bonchev–Trinajstić information content (AvgIpc) is 2.38. The summed E-state index contributed by atoms with van der Waals surface area (Å²) in [6, 6.07) is 9.39. The van der Waals surface area contributed by atoms with Gasteiger partial charge in [0.1, 0.15) is 17.9 Å². The molecule has 0 aliphatic heterocycles. The highest BCUT2D eigenvalue weighted by Crippen LogP contribution is 2.24. The molecule has 2 aromatic rings. The molecule has 0 spiro atoms. The Morgan fingerprint density at radius 1 is 1.14 bits per heavy atom. The monoisotopic (exact) mass is 396 g/mol. The van der Waals surface area contributed by atoms with Crippen LogP contribution < -0.4 is 4.74 Å². The van der Waals surface area contributed by atoms with Gasteiger partial charge in [-0.2, -0.15) is 0 Å². The van der Waals surface area contributed by atoms with Crippen LogP contribution in [0.2, 0.25) is 0 Å². The van der Waals surface area contributed by atoms with E-state index >= 15 is 0 Å². The molecule has 0 saturated carbocycles. The van der Waals surface area contributed by atoms with E-state index in [0.29, 0.717) is 12.4 Å². The lowest BCUT2D eigenvalue weighted by Crippen LogP contribution is -2.06. The maximum atomic E-state index is 11.3. The number of carbonyl (C=O) groups is 1. The minimum Gasteiger partial charge on any atom is -0.488 e. The second-order valence-electron chi connectivity index (χ2n) is 5.11. The van der Waals surface area contributed by atoms with Gasteiger partial charge in [0.25, 0.3) is 0 Å². The molecule has 0 amide bonds. The molecule has 0 unspecified atom stereocenters. The Hall–Kier alpha value is -1.56. The summed E-state index contributed by atoms with van der Waals surface area (Å²) in [7, 11) is 0. The van der Waals surface area contributed by atoms with E-state index in [2.05, 4.69) is 41.6 Å². The largest absolute Gasteiger partial charge is 0.488 e. The molecular weight excluding hydrogens is 379 g/mol. The summed E-state index contributed by atoms with van der Waals surface area (Å²) in [5.41, 5.74) is 4.85. The lowest BCUT2D eigenvalue weighted by Gasteiger charge is -2.14. The fourth-order valence-corrected chi connectivity index (χ4v) is 2.87. The molecule has 110 valence electrons. The summed E-state index contributed by atoms with van der Waals surface area (Å²) >= 11 is 2.09. The standard InChI is InChI=1S/C17H17IO3/c1-10-6-11(2)15(12(3)7-10)9-21-16-5-4-13(18)8-14(16)17(19)20/h4-8H,9H2,1-3H3,(H,19,20). The number of aromatic carboxylic acids is 1. The van der Waals surface area contributed by atoms with E-state index in [1.165, 1.54) is 5.56 Å². The molecule has 21 heavy (non-hydrogen) atoms. The van der Waals surface area contributed by atoms with Gasteiger partial charge in [-0.1, -0.05) is 17.7 Å². The second-order valence-corrected chi connectivity index (χ2v) is 6.36. The van der Waals surface area contributed by atoms with Crippen LogP contribution in [0.3, 0.4) is 0 Å². The van der Waals surface area contributed by atoms with Gasteiger partial charge >= 0.3 is 5.97 Å². The quantitative estimate of drug-likeness (QED) is 0.775. The molecule has 4 heteroatoms. The molecule has 0 aliphatic carbocycles. The third-order valence-electron chi connectivity index (χ3n) is 3.38. The lowest BCUT2D eigenvalue weighted by atomic mass is 10.0. The van der Waals surface area contributed by atoms with E-state index in [-0.39, 0.29) is 5.56 Å². The van der Waals surface area contributed by atoms with Crippen molar-refractivity contribution in [1.82, 2.24) is 0 Å². The molecule has 0 atom stereocenters. The van der Waals surface area contributed by atoms with E-state index in [1.807, 2.05) is 19.9 Å². The van der Waals surface area contributed by atoms with E-state index < -0.39 is 5.97 Å². The summed E-state index contributed by atoms with van der Waals surface area (Å²) < 4.78 is 6.63. The van der Waals surface area contributed by atoms with Gasteiger partial charge in [-0.25, -0.2) is 4.79 Å². The molecule has 0 aliphatic rings. The van der Waals surface area contributed by atoms with E-state index in [4.69, 9.17) is 4.74 Å². The molecular formula is C17H17IO3. The van der Waals surface area contributed by atoms with Gasteiger partial charge in [0.2, 0.25) is 0 Å². The van der Waals surface area contributed by atoms with Crippen molar-refractivity contribution in [2.24, 2.45) is 0 Å². The van der Waals surface area contributed by atoms with Gasteiger partial charge in [-0.3, -0.25) is 0 Å². The van der Waals surface area contributed by atoms with Crippen LogP contribution in [0.5, 0.6) is 5.75 Å². The predicted molar refractivity (Wildman–Crippen MR) is 91.1 cm³/mol. The Kier molecular flexibility index (Phi) is 4.88. The third-order valence-corrected chi connectivity index (χ3v) is 4.06. The Balaban J connectivity index is 2.27. The second kappa shape index (κ2) is 6.47. The van der Waals surface area contributed by atoms with Crippen LogP contribution in [-0.2, 0) is 6.61 Å². The molecule has 2 rings (SSSR count). The van der Waals surface area contributed by atoms with Gasteiger partial charge in [-0.05, 0) is 78.3 Å². The van der Waals surface area contributed by atoms with Crippen molar-refractivity contribution in [1.29, 1.82) is 0 Å². The van der Waals surface area contributed by atoms with Crippen LogP contribution in [0.1, 0.15) is 32.6 Å². The van der Waals surface area contributed by atoms with Gasteiger partial charge in [-0.15, -0.1) is 0 Å². The van der Waals surface area contributed by atoms with Crippen molar-refractivity contribution in [3.05, 3.63) is 61.7 Å². The number of ether oxygens (including phenoxy) is 1. The Morgan fingerprint density at radius 3 is 2.33 bits per heavy atom. The van der Waals surface area contributed by atoms with E-state index in [1.54, 1.807) is 12.1 Å². The van der Waals surface area contributed by atoms with Crippen LogP contribution in [0.25, 0.3) is 0 Å². The first-order chi connectivity index (χ1) is 9.88. The molecule has 0 radical (unpaired) electrons. The molecule has 0 fully saturated rings. The highest BCUT2D eigenvalue weighted by atomic mass is 127. The van der Waals surface area contributed by atoms with Crippen molar-refractivity contribution >= 4 is 28.6 Å². The molecule has 0 heterocycles. The highest BCUT2D eigenvalue weighted by molar-refractivity contribution is 14.1. The first kappa shape index (κ1) is 15.8.